The largest absolute Gasteiger partial charge is 0.407 e. The molecule has 0 amide bonds. The van der Waals surface area contributed by atoms with Crippen LogP contribution in [0.5, 0.6) is 0 Å². The highest BCUT2D eigenvalue weighted by atomic mass is 28.3. The predicted molar refractivity (Wildman–Crippen MR) is 64.5 cm³/mol. The minimum absolute atomic E-state index is 0.320. The van der Waals surface area contributed by atoms with Gasteiger partial charge in [-0.05, 0) is 25.2 Å². The lowest BCUT2D eigenvalue weighted by Gasteiger charge is -2.16. The molecule has 0 bridgehead atoms. The fraction of sp³-hybridized carbons (Fsp3) is 0.333. The first kappa shape index (κ1) is 11.1. The summed E-state index contributed by atoms with van der Waals surface area (Å²) in [6.07, 6.45) is 5.45. The lowest BCUT2D eigenvalue weighted by atomic mass is 10.1. The summed E-state index contributed by atoms with van der Waals surface area (Å²) in [5, 5.41) is 0. The molecule has 0 fully saturated rings. The molecule has 75 valence electrons. The summed E-state index contributed by atoms with van der Waals surface area (Å²) in [6, 6.07) is 10.5. The van der Waals surface area contributed by atoms with Gasteiger partial charge in [-0.3, -0.25) is 0 Å². The quantitative estimate of drug-likeness (QED) is 0.682. The Morgan fingerprint density at radius 2 is 1.86 bits per heavy atom. The van der Waals surface area contributed by atoms with E-state index < -0.39 is 0 Å². The van der Waals surface area contributed by atoms with Gasteiger partial charge in [0, 0.05) is 0 Å². The molecule has 0 aromatic heterocycles. The number of nitrogens with zero attached hydrogens (tertiary/aromatic N) is 1. The van der Waals surface area contributed by atoms with Crippen molar-refractivity contribution >= 4 is 8.96 Å². The Morgan fingerprint density at radius 1 is 1.21 bits per heavy atom. The second-order valence-corrected chi connectivity index (χ2v) is 6.23. The maximum Gasteiger partial charge on any atom is 0.162 e. The van der Waals surface area contributed by atoms with Gasteiger partial charge >= 0.3 is 0 Å². The summed E-state index contributed by atoms with van der Waals surface area (Å²) in [7, 11) is 1.83. The molecule has 0 atom stereocenters. The number of benzene rings is 1. The highest BCUT2D eigenvalue weighted by molar-refractivity contribution is 6.52. The molecule has 0 spiro atoms. The topological polar surface area (TPSA) is 3.24 Å². The van der Waals surface area contributed by atoms with E-state index in [9.17, 15) is 0 Å². The van der Waals surface area contributed by atoms with Crippen molar-refractivity contribution in [3.05, 3.63) is 48.2 Å². The highest BCUT2D eigenvalue weighted by Gasteiger charge is 1.98. The molecule has 0 unspecified atom stereocenters. The van der Waals surface area contributed by atoms with Crippen molar-refractivity contribution in [2.75, 3.05) is 7.05 Å². The van der Waals surface area contributed by atoms with Crippen LogP contribution < -0.4 is 0 Å². The molecule has 0 saturated carbocycles. The van der Waals surface area contributed by atoms with Crippen molar-refractivity contribution in [2.24, 2.45) is 0 Å². The normalized spacial score (nSPS) is 11.1. The van der Waals surface area contributed by atoms with E-state index in [0.29, 0.717) is 0 Å². The van der Waals surface area contributed by atoms with Crippen LogP contribution in [0.4, 0.5) is 0 Å². The van der Waals surface area contributed by atoms with E-state index in [-0.39, 0.29) is 8.96 Å². The predicted octanol–water partition coefficient (Wildman–Crippen LogP) is 2.93. The summed E-state index contributed by atoms with van der Waals surface area (Å²) in [4.78, 5) is 0. The molecule has 2 heteroatoms. The number of hydrogen-bond acceptors (Lipinski definition) is 1. The van der Waals surface area contributed by atoms with Gasteiger partial charge in [0.1, 0.15) is 0 Å². The molecule has 0 aliphatic rings. The van der Waals surface area contributed by atoms with E-state index in [0.717, 1.165) is 6.42 Å². The molecule has 0 aliphatic carbocycles. The lowest BCUT2D eigenvalue weighted by Crippen LogP contribution is -2.24. The summed E-state index contributed by atoms with van der Waals surface area (Å²) in [6.45, 7) is 4.58. The van der Waals surface area contributed by atoms with Crippen LogP contribution in [0.15, 0.2) is 42.6 Å². The van der Waals surface area contributed by atoms with Crippen LogP contribution >= 0.6 is 0 Å². The van der Waals surface area contributed by atoms with Gasteiger partial charge in [-0.1, -0.05) is 49.5 Å². The average molecular weight is 204 g/mol. The monoisotopic (exact) mass is 204 g/mol. The Morgan fingerprint density at radius 3 is 2.43 bits per heavy atom. The summed E-state index contributed by atoms with van der Waals surface area (Å²) >= 11 is 0. The van der Waals surface area contributed by atoms with Crippen LogP contribution in [0.2, 0.25) is 13.1 Å². The average Bonchev–Trinajstić information content (AvgIpc) is 2.19. The third-order valence-corrected chi connectivity index (χ3v) is 3.79. The van der Waals surface area contributed by atoms with Crippen molar-refractivity contribution in [2.45, 2.75) is 19.5 Å². The standard InChI is InChI=1S/C12H18NSi/c1-13(14(2)3)11-7-10-12-8-5-4-6-9-12/h4-9,11H,10H2,1-3H3/b11-7+. The molecule has 1 radical (unpaired) electrons. The van der Waals surface area contributed by atoms with Gasteiger partial charge in [0.05, 0.1) is 0 Å². The highest BCUT2D eigenvalue weighted by Crippen LogP contribution is 2.01. The third-order valence-electron chi connectivity index (χ3n) is 2.23. The van der Waals surface area contributed by atoms with E-state index in [1.165, 1.54) is 5.56 Å². The van der Waals surface area contributed by atoms with Gasteiger partial charge in [-0.25, -0.2) is 0 Å². The molecular formula is C12H18NSi. The van der Waals surface area contributed by atoms with Crippen LogP contribution in [0.25, 0.3) is 0 Å². The van der Waals surface area contributed by atoms with E-state index >= 15 is 0 Å². The van der Waals surface area contributed by atoms with Crippen LogP contribution in [0, 0.1) is 0 Å². The number of rotatable bonds is 4. The maximum absolute atomic E-state index is 2.31. The van der Waals surface area contributed by atoms with Crippen molar-refractivity contribution < 1.29 is 0 Å². The second kappa shape index (κ2) is 5.65. The van der Waals surface area contributed by atoms with Crippen molar-refractivity contribution in [1.82, 2.24) is 4.57 Å². The molecule has 0 aliphatic heterocycles. The molecular weight excluding hydrogens is 186 g/mol. The lowest BCUT2D eigenvalue weighted by molar-refractivity contribution is 0.711. The van der Waals surface area contributed by atoms with Crippen molar-refractivity contribution in [3.63, 3.8) is 0 Å². The fourth-order valence-corrected chi connectivity index (χ4v) is 1.51. The Balaban J connectivity index is 2.41. The number of hydrogen-bond donors (Lipinski definition) is 0. The van der Waals surface area contributed by atoms with Crippen LogP contribution in [-0.4, -0.2) is 20.6 Å². The van der Waals surface area contributed by atoms with E-state index in [1.807, 2.05) is 0 Å². The third kappa shape index (κ3) is 3.79. The van der Waals surface area contributed by atoms with Crippen molar-refractivity contribution in [1.29, 1.82) is 0 Å². The summed E-state index contributed by atoms with van der Waals surface area (Å²) in [5.74, 6) is 0. The first-order chi connectivity index (χ1) is 6.70. The number of allylic oxidation sites excluding steroid dienone is 1. The van der Waals surface area contributed by atoms with Gasteiger partial charge in [0.25, 0.3) is 0 Å². The molecule has 0 N–H and O–H groups in total. The molecule has 1 nitrogen and oxygen atoms in total. The SMILES string of the molecule is CN(/C=C/Cc1ccccc1)[Si](C)C. The zero-order valence-electron chi connectivity index (χ0n) is 9.20. The minimum atomic E-state index is -0.320. The van der Waals surface area contributed by atoms with Crippen LogP contribution in [0.3, 0.4) is 0 Å². The molecule has 0 heterocycles. The minimum Gasteiger partial charge on any atom is -0.407 e. The first-order valence-electron chi connectivity index (χ1n) is 4.93. The van der Waals surface area contributed by atoms with Gasteiger partial charge in [0.15, 0.2) is 8.96 Å². The van der Waals surface area contributed by atoms with Gasteiger partial charge in [-0.2, -0.15) is 0 Å². The zero-order chi connectivity index (χ0) is 10.4. The molecule has 1 aromatic carbocycles. The zero-order valence-corrected chi connectivity index (χ0v) is 10.2. The van der Waals surface area contributed by atoms with E-state index in [4.69, 9.17) is 0 Å². The molecule has 1 rings (SSSR count). The fourth-order valence-electron chi connectivity index (χ4n) is 1.11. The van der Waals surface area contributed by atoms with Gasteiger partial charge < -0.3 is 4.57 Å². The molecule has 14 heavy (non-hydrogen) atoms. The Bertz CT molecular complexity index is 280. The van der Waals surface area contributed by atoms with E-state index in [1.54, 1.807) is 0 Å². The Hall–Kier alpha value is -1.02. The molecule has 0 saturated heterocycles. The van der Waals surface area contributed by atoms with Crippen LogP contribution in [-0.2, 0) is 6.42 Å². The Labute approximate surface area is 88.7 Å². The van der Waals surface area contributed by atoms with Gasteiger partial charge in [0.2, 0.25) is 0 Å². The summed E-state index contributed by atoms with van der Waals surface area (Å²) < 4.78 is 2.31. The maximum atomic E-state index is 2.31. The van der Waals surface area contributed by atoms with Crippen LogP contribution in [0.1, 0.15) is 5.56 Å². The van der Waals surface area contributed by atoms with E-state index in [2.05, 4.69) is 67.3 Å². The summed E-state index contributed by atoms with van der Waals surface area (Å²) in [5.41, 5.74) is 1.37. The smallest absolute Gasteiger partial charge is 0.162 e. The van der Waals surface area contributed by atoms with Gasteiger partial charge in [-0.15, -0.1) is 0 Å². The second-order valence-electron chi connectivity index (χ2n) is 3.63. The first-order valence-corrected chi connectivity index (χ1v) is 7.38. The van der Waals surface area contributed by atoms with Crippen molar-refractivity contribution in [3.8, 4) is 0 Å². The molecule has 1 aromatic rings. The Kier molecular flexibility index (Phi) is 4.46.